The van der Waals surface area contributed by atoms with Crippen LogP contribution in [0.1, 0.15) is 60.5 Å². The maximum Gasteiger partial charge on any atom is 0.253 e. The van der Waals surface area contributed by atoms with Crippen molar-refractivity contribution in [1.82, 2.24) is 24.9 Å². The van der Waals surface area contributed by atoms with Gasteiger partial charge in [0, 0.05) is 49.0 Å². The Morgan fingerprint density at radius 1 is 1.14 bits per heavy atom. The summed E-state index contributed by atoms with van der Waals surface area (Å²) in [7, 11) is 0. The molecule has 6 nitrogen and oxygen atoms in total. The van der Waals surface area contributed by atoms with Gasteiger partial charge in [-0.05, 0) is 55.2 Å². The first kappa shape index (κ1) is 17.5. The minimum atomic E-state index is 0.131. The zero-order valence-electron chi connectivity index (χ0n) is 16.2. The van der Waals surface area contributed by atoms with Crippen molar-refractivity contribution in [3.8, 4) is 0 Å². The quantitative estimate of drug-likeness (QED) is 0.748. The van der Waals surface area contributed by atoms with Crippen molar-refractivity contribution in [2.24, 2.45) is 5.92 Å². The van der Waals surface area contributed by atoms with Gasteiger partial charge in [-0.1, -0.05) is 24.1 Å². The van der Waals surface area contributed by atoms with Gasteiger partial charge in [-0.2, -0.15) is 0 Å². The molecule has 2 aliphatic rings. The summed E-state index contributed by atoms with van der Waals surface area (Å²) in [4.78, 5) is 18.2. The topological polar surface area (TPSA) is 66.8 Å². The van der Waals surface area contributed by atoms with Crippen LogP contribution < -0.4 is 0 Å². The monoisotopic (exact) mass is 377 g/mol. The van der Waals surface area contributed by atoms with Gasteiger partial charge in [0.05, 0.1) is 5.69 Å². The Morgan fingerprint density at radius 3 is 2.93 bits per heavy atom. The highest BCUT2D eigenvalue weighted by molar-refractivity contribution is 5.98. The molecule has 3 aromatic rings. The van der Waals surface area contributed by atoms with Gasteiger partial charge in [0.1, 0.15) is 0 Å². The van der Waals surface area contributed by atoms with Crippen LogP contribution in [0.5, 0.6) is 0 Å². The highest BCUT2D eigenvalue weighted by atomic mass is 16.2. The Labute approximate surface area is 164 Å². The van der Waals surface area contributed by atoms with Crippen LogP contribution in [0.4, 0.5) is 0 Å². The Bertz CT molecular complexity index is 968. The van der Waals surface area contributed by atoms with Gasteiger partial charge in [-0.3, -0.25) is 9.48 Å². The Morgan fingerprint density at radius 2 is 2.04 bits per heavy atom. The number of nitrogens with zero attached hydrogens (tertiary/aromatic N) is 4. The highest BCUT2D eigenvalue weighted by Gasteiger charge is 2.26. The van der Waals surface area contributed by atoms with E-state index in [1.165, 1.54) is 25.7 Å². The fraction of sp³-hybridized carbons (Fsp3) is 0.500. The number of likely N-dealkylation sites (tertiary alicyclic amines) is 1. The smallest absolute Gasteiger partial charge is 0.253 e. The van der Waals surface area contributed by atoms with E-state index in [0.29, 0.717) is 11.8 Å². The molecule has 1 atom stereocenters. The third-order valence-corrected chi connectivity index (χ3v) is 6.38. The van der Waals surface area contributed by atoms with Crippen LogP contribution in [-0.4, -0.2) is 43.9 Å². The number of carbonyl (C=O) groups is 1. The van der Waals surface area contributed by atoms with Crippen LogP contribution in [0.15, 0.2) is 36.7 Å². The summed E-state index contributed by atoms with van der Waals surface area (Å²) in [5.74, 6) is 1.16. The van der Waals surface area contributed by atoms with E-state index in [0.717, 1.165) is 54.6 Å². The molecule has 0 bridgehead atoms. The zero-order chi connectivity index (χ0) is 18.9. The summed E-state index contributed by atoms with van der Waals surface area (Å²) in [5, 5.41) is 9.92. The Hall–Kier alpha value is -2.63. The molecule has 1 unspecified atom stereocenters. The van der Waals surface area contributed by atoms with Crippen LogP contribution in [0, 0.1) is 5.92 Å². The van der Waals surface area contributed by atoms with Gasteiger partial charge in [-0.15, -0.1) is 5.10 Å². The molecular formula is C22H27N5O. The third-order valence-electron chi connectivity index (χ3n) is 6.38. The lowest BCUT2D eigenvalue weighted by Gasteiger charge is -2.32. The van der Waals surface area contributed by atoms with Gasteiger partial charge in [0.15, 0.2) is 0 Å². The van der Waals surface area contributed by atoms with Crippen LogP contribution in [0.2, 0.25) is 0 Å². The molecule has 0 radical (unpaired) electrons. The maximum absolute atomic E-state index is 13.0. The number of fused-ring (bicyclic) bond motifs is 1. The number of carbonyl (C=O) groups excluding carboxylic acids is 1. The average Bonchev–Trinajstić information content (AvgIpc) is 3.47. The first-order valence-electron chi connectivity index (χ1n) is 10.5. The van der Waals surface area contributed by atoms with Crippen molar-refractivity contribution < 1.29 is 4.79 Å². The van der Waals surface area contributed by atoms with Crippen molar-refractivity contribution in [3.05, 3.63) is 47.9 Å². The first-order valence-corrected chi connectivity index (χ1v) is 10.5. The molecular weight excluding hydrogens is 350 g/mol. The lowest BCUT2D eigenvalue weighted by molar-refractivity contribution is 0.0659. The van der Waals surface area contributed by atoms with E-state index >= 15 is 0 Å². The third kappa shape index (κ3) is 3.43. The SMILES string of the molecule is O=C(c1ccc2cc[nH]c2c1)N1CCCC(Cn2cc(C3CCCC3)nn2)C1. The maximum atomic E-state index is 13.0. The van der Waals surface area contributed by atoms with E-state index in [-0.39, 0.29) is 5.91 Å². The predicted octanol–water partition coefficient (Wildman–Crippen LogP) is 3.97. The molecule has 1 amide bonds. The van der Waals surface area contributed by atoms with Crippen LogP contribution in [0.25, 0.3) is 10.9 Å². The van der Waals surface area contributed by atoms with Crippen molar-refractivity contribution in [3.63, 3.8) is 0 Å². The Balaban J connectivity index is 1.24. The number of aromatic nitrogens is 4. The molecule has 6 heteroatoms. The molecule has 1 saturated carbocycles. The molecule has 1 saturated heterocycles. The first-order chi connectivity index (χ1) is 13.8. The summed E-state index contributed by atoms with van der Waals surface area (Å²) >= 11 is 0. The summed E-state index contributed by atoms with van der Waals surface area (Å²) in [6.07, 6.45) is 11.3. The van der Waals surface area contributed by atoms with Crippen molar-refractivity contribution >= 4 is 16.8 Å². The molecule has 3 heterocycles. The molecule has 146 valence electrons. The minimum Gasteiger partial charge on any atom is -0.361 e. The number of amides is 1. The van der Waals surface area contributed by atoms with Gasteiger partial charge >= 0.3 is 0 Å². The summed E-state index contributed by atoms with van der Waals surface area (Å²) < 4.78 is 2.00. The molecule has 1 N–H and O–H groups in total. The summed E-state index contributed by atoms with van der Waals surface area (Å²) in [6.45, 7) is 2.47. The van der Waals surface area contributed by atoms with E-state index in [9.17, 15) is 4.79 Å². The zero-order valence-corrected chi connectivity index (χ0v) is 16.2. The number of hydrogen-bond acceptors (Lipinski definition) is 3. The molecule has 28 heavy (non-hydrogen) atoms. The molecule has 2 fully saturated rings. The molecule has 1 aromatic carbocycles. The van der Waals surface area contributed by atoms with Gasteiger partial charge in [0.2, 0.25) is 0 Å². The van der Waals surface area contributed by atoms with Crippen LogP contribution >= 0.6 is 0 Å². The van der Waals surface area contributed by atoms with Crippen molar-refractivity contribution in [2.45, 2.75) is 51.0 Å². The molecule has 1 aliphatic heterocycles. The fourth-order valence-corrected chi connectivity index (χ4v) is 4.84. The van der Waals surface area contributed by atoms with Gasteiger partial charge in [0.25, 0.3) is 5.91 Å². The lowest BCUT2D eigenvalue weighted by Crippen LogP contribution is -2.41. The normalized spacial score (nSPS) is 20.9. The molecule has 2 aromatic heterocycles. The predicted molar refractivity (Wildman–Crippen MR) is 108 cm³/mol. The number of H-pyrrole nitrogens is 1. The highest BCUT2D eigenvalue weighted by Crippen LogP contribution is 2.32. The Kier molecular flexibility index (Phi) is 4.63. The molecule has 5 rings (SSSR count). The van der Waals surface area contributed by atoms with E-state index in [1.807, 2.05) is 40.0 Å². The largest absolute Gasteiger partial charge is 0.361 e. The fourth-order valence-electron chi connectivity index (χ4n) is 4.84. The second-order valence-corrected chi connectivity index (χ2v) is 8.39. The average molecular weight is 377 g/mol. The van der Waals surface area contributed by atoms with E-state index < -0.39 is 0 Å². The second-order valence-electron chi connectivity index (χ2n) is 8.39. The number of benzene rings is 1. The summed E-state index contributed by atoms with van der Waals surface area (Å²) in [6, 6.07) is 7.94. The number of aromatic amines is 1. The van der Waals surface area contributed by atoms with Crippen LogP contribution in [0.3, 0.4) is 0 Å². The summed E-state index contributed by atoms with van der Waals surface area (Å²) in [5.41, 5.74) is 2.93. The van der Waals surface area contributed by atoms with E-state index in [1.54, 1.807) is 0 Å². The van der Waals surface area contributed by atoms with Crippen molar-refractivity contribution in [2.75, 3.05) is 13.1 Å². The van der Waals surface area contributed by atoms with E-state index in [2.05, 4.69) is 21.5 Å². The number of rotatable bonds is 4. The lowest BCUT2D eigenvalue weighted by atomic mass is 9.97. The van der Waals surface area contributed by atoms with Crippen LogP contribution in [-0.2, 0) is 6.54 Å². The molecule has 0 spiro atoms. The van der Waals surface area contributed by atoms with Crippen molar-refractivity contribution in [1.29, 1.82) is 0 Å². The van der Waals surface area contributed by atoms with E-state index in [4.69, 9.17) is 0 Å². The second kappa shape index (κ2) is 7.41. The standard InChI is InChI=1S/C22H27N5O/c28-22(19-8-7-18-9-10-23-20(18)12-19)26-11-3-4-16(13-26)14-27-15-21(24-25-27)17-5-1-2-6-17/h7-10,12,15-17,23H,1-6,11,13-14H2. The number of hydrogen-bond donors (Lipinski definition) is 1. The number of piperidine rings is 1. The molecule has 1 aliphatic carbocycles. The van der Waals surface area contributed by atoms with Gasteiger partial charge in [-0.25, -0.2) is 0 Å². The van der Waals surface area contributed by atoms with Gasteiger partial charge < -0.3 is 9.88 Å². The minimum absolute atomic E-state index is 0.131. The number of nitrogens with one attached hydrogen (secondary N) is 1.